The Bertz CT molecular complexity index is 1600. The van der Waals surface area contributed by atoms with Crippen LogP contribution in [0, 0.1) is 22.0 Å². The second-order valence-electron chi connectivity index (χ2n) is 9.60. The highest BCUT2D eigenvalue weighted by Crippen LogP contribution is 2.53. The molecule has 2 saturated heterocycles. The summed E-state index contributed by atoms with van der Waals surface area (Å²) in [5, 5.41) is 11.4. The van der Waals surface area contributed by atoms with Crippen molar-refractivity contribution in [3.8, 4) is 5.75 Å². The number of carbonyl (C=O) groups excluding carboxylic acids is 4. The van der Waals surface area contributed by atoms with Crippen molar-refractivity contribution in [2.75, 3.05) is 4.90 Å². The van der Waals surface area contributed by atoms with Gasteiger partial charge in [0.2, 0.25) is 11.8 Å². The highest BCUT2D eigenvalue weighted by molar-refractivity contribution is 6.24. The van der Waals surface area contributed by atoms with Gasteiger partial charge in [0.1, 0.15) is 11.8 Å². The molecule has 194 valence electrons. The molecule has 0 saturated carbocycles. The molecule has 0 bridgehead atoms. The molecule has 39 heavy (non-hydrogen) atoms. The lowest BCUT2D eigenvalue weighted by molar-refractivity contribution is -0.384. The Morgan fingerprint density at radius 3 is 2.36 bits per heavy atom. The van der Waals surface area contributed by atoms with E-state index in [-0.39, 0.29) is 28.5 Å². The number of nitrogens with zero attached hydrogens (tertiary/aromatic N) is 3. The number of amides is 2. The van der Waals surface area contributed by atoms with Crippen molar-refractivity contribution in [3.63, 3.8) is 0 Å². The maximum atomic E-state index is 14.0. The molecule has 6 rings (SSSR count). The molecular weight excluding hydrogens is 502 g/mol. The van der Waals surface area contributed by atoms with E-state index in [0.717, 1.165) is 16.0 Å². The third-order valence-electron chi connectivity index (χ3n) is 7.43. The number of fused-ring (bicyclic) bond motifs is 5. The Morgan fingerprint density at radius 2 is 1.64 bits per heavy atom. The lowest BCUT2D eigenvalue weighted by atomic mass is 9.83. The maximum Gasteiger partial charge on any atom is 0.308 e. The van der Waals surface area contributed by atoms with Crippen molar-refractivity contribution >= 4 is 41.0 Å². The number of hydrogen-bond acceptors (Lipinski definition) is 8. The van der Waals surface area contributed by atoms with E-state index in [1.54, 1.807) is 11.1 Å². The quantitative estimate of drug-likeness (QED) is 0.123. The number of nitro benzene ring substituents is 1. The van der Waals surface area contributed by atoms with Crippen molar-refractivity contribution in [1.29, 1.82) is 0 Å². The van der Waals surface area contributed by atoms with E-state index in [4.69, 9.17) is 4.74 Å². The summed E-state index contributed by atoms with van der Waals surface area (Å²) in [5.41, 5.74) is 1.83. The molecule has 0 radical (unpaired) electrons. The fourth-order valence-electron chi connectivity index (χ4n) is 5.88. The zero-order chi connectivity index (χ0) is 27.4. The van der Waals surface area contributed by atoms with Gasteiger partial charge in [-0.1, -0.05) is 30.3 Å². The van der Waals surface area contributed by atoms with Crippen LogP contribution in [-0.2, 0) is 14.4 Å². The van der Waals surface area contributed by atoms with Crippen molar-refractivity contribution in [2.24, 2.45) is 11.8 Å². The minimum absolute atomic E-state index is 0.0942. The minimum atomic E-state index is -1.02. The number of esters is 1. The molecule has 4 atom stereocenters. The van der Waals surface area contributed by atoms with E-state index >= 15 is 0 Å². The highest BCUT2D eigenvalue weighted by atomic mass is 16.6. The van der Waals surface area contributed by atoms with E-state index in [9.17, 15) is 29.3 Å². The summed E-state index contributed by atoms with van der Waals surface area (Å²) in [4.78, 5) is 66.6. The number of ketones is 1. The summed E-state index contributed by atoms with van der Waals surface area (Å²) >= 11 is 0. The van der Waals surface area contributed by atoms with Crippen LogP contribution < -0.4 is 9.64 Å². The Morgan fingerprint density at radius 1 is 0.923 bits per heavy atom. The van der Waals surface area contributed by atoms with Crippen LogP contribution in [0.4, 0.5) is 11.4 Å². The van der Waals surface area contributed by atoms with Crippen LogP contribution >= 0.6 is 0 Å². The average molecular weight is 524 g/mol. The molecule has 2 amide bonds. The lowest BCUT2D eigenvalue weighted by Gasteiger charge is -2.35. The van der Waals surface area contributed by atoms with Crippen molar-refractivity contribution in [3.05, 3.63) is 106 Å². The van der Waals surface area contributed by atoms with Crippen LogP contribution in [0.5, 0.6) is 5.75 Å². The topological polar surface area (TPSA) is 127 Å². The highest BCUT2D eigenvalue weighted by Gasteiger charge is 2.64. The van der Waals surface area contributed by atoms with Gasteiger partial charge in [0.25, 0.3) is 5.69 Å². The molecule has 3 heterocycles. The molecule has 2 fully saturated rings. The van der Waals surface area contributed by atoms with Crippen molar-refractivity contribution in [2.45, 2.75) is 19.0 Å². The van der Waals surface area contributed by atoms with Crippen LogP contribution in [0.2, 0.25) is 0 Å². The molecule has 10 nitrogen and oxygen atoms in total. The molecule has 0 unspecified atom stereocenters. The van der Waals surface area contributed by atoms with Crippen LogP contribution in [0.1, 0.15) is 34.5 Å². The lowest BCUT2D eigenvalue weighted by Crippen LogP contribution is -2.44. The van der Waals surface area contributed by atoms with Gasteiger partial charge in [-0.25, -0.2) is 4.90 Å². The number of rotatable bonds is 5. The molecule has 3 aliphatic heterocycles. The van der Waals surface area contributed by atoms with Gasteiger partial charge in [-0.15, -0.1) is 0 Å². The summed E-state index contributed by atoms with van der Waals surface area (Å²) in [6.45, 7) is 1.27. The molecule has 0 aliphatic carbocycles. The van der Waals surface area contributed by atoms with Gasteiger partial charge < -0.3 is 9.64 Å². The Balaban J connectivity index is 1.44. The molecule has 3 aromatic rings. The Labute approximate surface area is 222 Å². The summed E-state index contributed by atoms with van der Waals surface area (Å²) in [6.07, 6.45) is 3.60. The number of carbonyl (C=O) groups is 4. The largest absolute Gasteiger partial charge is 0.427 e. The minimum Gasteiger partial charge on any atom is -0.427 e. The normalized spacial score (nSPS) is 22.8. The third-order valence-corrected chi connectivity index (χ3v) is 7.43. The molecule has 0 N–H and O–H groups in total. The summed E-state index contributed by atoms with van der Waals surface area (Å²) in [6, 6.07) is 17.3. The molecule has 0 spiro atoms. The summed E-state index contributed by atoms with van der Waals surface area (Å²) in [5.74, 6) is -3.57. The number of hydrogen-bond donors (Lipinski definition) is 0. The van der Waals surface area contributed by atoms with Gasteiger partial charge in [-0.2, -0.15) is 0 Å². The first-order valence-corrected chi connectivity index (χ1v) is 12.3. The van der Waals surface area contributed by atoms with Gasteiger partial charge in [-0.3, -0.25) is 29.3 Å². The fourth-order valence-corrected chi connectivity index (χ4v) is 5.88. The first kappa shape index (κ1) is 24.2. The van der Waals surface area contributed by atoms with Gasteiger partial charge in [-0.05, 0) is 47.5 Å². The smallest absolute Gasteiger partial charge is 0.308 e. The first-order chi connectivity index (χ1) is 18.8. The van der Waals surface area contributed by atoms with Crippen molar-refractivity contribution < 1.29 is 28.8 Å². The standard InChI is InChI=1S/C29H21N3O7/c1-16(33)39-21-11-9-18(10-12-21)27(34)26-24-23(25-22-8-3-2-5-17(22)13-14-30(25)26)28(35)31(29(24)36)19-6-4-7-20(15-19)32(37)38/h2-15,23-26H,1H3/t23-,24-,25+,26+/m1/s1. The van der Waals surface area contributed by atoms with E-state index in [1.807, 2.05) is 30.3 Å². The molecular formula is C29H21N3O7. The number of nitro groups is 1. The summed E-state index contributed by atoms with van der Waals surface area (Å²) in [7, 11) is 0. The van der Waals surface area contributed by atoms with Gasteiger partial charge in [0.15, 0.2) is 5.78 Å². The van der Waals surface area contributed by atoms with Crippen molar-refractivity contribution in [1.82, 2.24) is 4.90 Å². The van der Waals surface area contributed by atoms with Gasteiger partial charge >= 0.3 is 5.97 Å². The zero-order valence-corrected chi connectivity index (χ0v) is 20.6. The number of anilines is 1. The molecule has 0 aromatic heterocycles. The SMILES string of the molecule is CC(=O)Oc1ccc(C(=O)[C@@H]2[C@@H]3C(=O)N(c4cccc([N+](=O)[O-])c4)C(=O)[C@H]3[C@@H]3c4ccccc4C=CN23)cc1. The van der Waals surface area contributed by atoms with Crippen LogP contribution in [0.15, 0.2) is 79.0 Å². The number of non-ortho nitro benzene ring substituents is 1. The number of Topliss-reactive ketones (excluding diaryl/α,β-unsaturated/α-hetero) is 1. The monoisotopic (exact) mass is 523 g/mol. The molecule has 10 heteroatoms. The summed E-state index contributed by atoms with van der Waals surface area (Å²) < 4.78 is 5.06. The Hall–Kier alpha value is -5.12. The van der Waals surface area contributed by atoms with Gasteiger partial charge in [0.05, 0.1) is 28.5 Å². The number of imide groups is 1. The second-order valence-corrected chi connectivity index (χ2v) is 9.60. The fraction of sp³-hybridized carbons (Fsp3) is 0.172. The number of benzene rings is 3. The second kappa shape index (κ2) is 9.02. The zero-order valence-electron chi connectivity index (χ0n) is 20.6. The van der Waals surface area contributed by atoms with E-state index in [1.165, 1.54) is 55.5 Å². The van der Waals surface area contributed by atoms with E-state index in [2.05, 4.69) is 0 Å². The van der Waals surface area contributed by atoms with E-state index < -0.39 is 46.6 Å². The number of ether oxygens (including phenoxy) is 1. The molecule has 3 aliphatic rings. The van der Waals surface area contributed by atoms with Crippen LogP contribution in [-0.4, -0.2) is 39.4 Å². The molecule has 3 aromatic carbocycles. The predicted octanol–water partition coefficient (Wildman–Crippen LogP) is 3.92. The van der Waals surface area contributed by atoms with Gasteiger partial charge in [0, 0.05) is 30.8 Å². The van der Waals surface area contributed by atoms with E-state index in [0.29, 0.717) is 0 Å². The average Bonchev–Trinajstić information content (AvgIpc) is 3.40. The maximum absolute atomic E-state index is 14.0. The third kappa shape index (κ3) is 3.80. The first-order valence-electron chi connectivity index (χ1n) is 12.3. The van der Waals surface area contributed by atoms with Crippen LogP contribution in [0.25, 0.3) is 6.08 Å². The van der Waals surface area contributed by atoms with Crippen LogP contribution in [0.3, 0.4) is 0 Å². The Kier molecular flexibility index (Phi) is 5.60. The predicted molar refractivity (Wildman–Crippen MR) is 138 cm³/mol.